The summed E-state index contributed by atoms with van der Waals surface area (Å²) in [6, 6.07) is 27.7. The van der Waals surface area contributed by atoms with Crippen LogP contribution in [-0.2, 0) is 32.1 Å². The number of Topliss-reactive ketones (excluding diaryl/α,β-unsaturated/α-hetero) is 2. The van der Waals surface area contributed by atoms with E-state index in [0.717, 1.165) is 30.7 Å². The Kier molecular flexibility index (Phi) is 9.75. The summed E-state index contributed by atoms with van der Waals surface area (Å²) in [6.07, 6.45) is 0.297. The maximum absolute atomic E-state index is 12.9. The molecule has 0 amide bonds. The molecule has 0 saturated heterocycles. The molecule has 10 heteroatoms. The van der Waals surface area contributed by atoms with Crippen LogP contribution < -0.4 is 0 Å². The Morgan fingerprint density at radius 2 is 0.917 bits per heavy atom. The monoisotopic (exact) mass is 676 g/mol. The Bertz CT molecular complexity index is 1850. The van der Waals surface area contributed by atoms with Crippen LogP contribution in [0, 0.1) is 0 Å². The van der Waals surface area contributed by atoms with Crippen molar-refractivity contribution in [1.82, 2.24) is 0 Å². The summed E-state index contributed by atoms with van der Waals surface area (Å²) in [4.78, 5) is 63.8. The smallest absolute Gasteiger partial charge is 0.306 e. The average molecular weight is 677 g/mol. The van der Waals surface area contributed by atoms with Crippen molar-refractivity contribution in [3.05, 3.63) is 118 Å². The molecule has 0 atom stereocenters. The molecule has 8 nitrogen and oxygen atoms in total. The van der Waals surface area contributed by atoms with Crippen molar-refractivity contribution in [2.24, 2.45) is 10.3 Å². The highest BCUT2D eigenvalue weighted by molar-refractivity contribution is 7.99. The van der Waals surface area contributed by atoms with Gasteiger partial charge in [0.25, 0.3) is 0 Å². The molecule has 4 aromatic rings. The Morgan fingerprint density at radius 1 is 0.562 bits per heavy atom. The van der Waals surface area contributed by atoms with Crippen LogP contribution in [0.1, 0.15) is 82.5 Å². The second-order valence-electron chi connectivity index (χ2n) is 12.1. The van der Waals surface area contributed by atoms with Gasteiger partial charge in [0, 0.05) is 43.6 Å². The largest absolute Gasteiger partial charge is 0.445 e. The summed E-state index contributed by atoms with van der Waals surface area (Å²) < 4.78 is 0. The van der Waals surface area contributed by atoms with Crippen LogP contribution in [0.4, 0.5) is 0 Å². The predicted molar refractivity (Wildman–Crippen MR) is 185 cm³/mol. The van der Waals surface area contributed by atoms with Crippen molar-refractivity contribution in [1.29, 1.82) is 0 Å². The zero-order valence-electron chi connectivity index (χ0n) is 26.8. The zero-order chi connectivity index (χ0) is 33.9. The lowest BCUT2D eigenvalue weighted by molar-refractivity contribution is -0.167. The number of benzene rings is 4. The first-order chi connectivity index (χ1) is 23.0. The van der Waals surface area contributed by atoms with Gasteiger partial charge in [-0.15, -0.1) is 0 Å². The second-order valence-corrected chi connectivity index (χ2v) is 14.4. The SMILES string of the molecule is CC(C)c1ccc(Sc2ccc3c(c2)CC(=NOC(=O)C(=O)ON=C2Cc4cc(Sc5ccc(C(C)C)cc5)ccc4C2=O)C3=O)cc1. The van der Waals surface area contributed by atoms with Gasteiger partial charge in [-0.2, -0.15) is 0 Å². The summed E-state index contributed by atoms with van der Waals surface area (Å²) in [7, 11) is 0. The lowest BCUT2D eigenvalue weighted by Crippen LogP contribution is -2.20. The molecule has 0 radical (unpaired) electrons. The van der Waals surface area contributed by atoms with Crippen LogP contribution in [-0.4, -0.2) is 34.9 Å². The molecule has 242 valence electrons. The molecule has 2 aliphatic carbocycles. The first-order valence-electron chi connectivity index (χ1n) is 15.5. The number of ketones is 2. The minimum absolute atomic E-state index is 0.00754. The molecule has 48 heavy (non-hydrogen) atoms. The Labute approximate surface area is 287 Å². The van der Waals surface area contributed by atoms with Gasteiger partial charge in [0.2, 0.25) is 11.6 Å². The van der Waals surface area contributed by atoms with E-state index in [1.165, 1.54) is 11.1 Å². The van der Waals surface area contributed by atoms with Crippen molar-refractivity contribution in [2.75, 3.05) is 0 Å². The van der Waals surface area contributed by atoms with Gasteiger partial charge in [0.1, 0.15) is 11.4 Å². The summed E-state index contributed by atoms with van der Waals surface area (Å²) in [6.45, 7) is 8.59. The lowest BCUT2D eigenvalue weighted by atomic mass is 10.0. The number of hydrogen-bond acceptors (Lipinski definition) is 10. The van der Waals surface area contributed by atoms with E-state index >= 15 is 0 Å². The van der Waals surface area contributed by atoms with Gasteiger partial charge in [-0.25, -0.2) is 9.59 Å². The quantitative estimate of drug-likeness (QED) is 0.104. The number of carbonyl (C=O) groups is 4. The van der Waals surface area contributed by atoms with Gasteiger partial charge in [0.05, 0.1) is 0 Å². The first kappa shape index (κ1) is 33.1. The molecule has 0 saturated carbocycles. The molecule has 4 aromatic carbocycles. The standard InChI is InChI=1S/C38H32N2O6S2/c1-21(2)23-5-9-27(10-6-23)47-29-13-15-31-25(17-29)19-33(35(31)41)39-45-37(43)38(44)46-40-34-20-26-18-30(14-16-32(26)36(34)42)48-28-11-7-24(8-12-28)22(3)4/h5-18,21-22H,19-20H2,1-4H3. The van der Waals surface area contributed by atoms with E-state index in [2.05, 4.69) is 86.5 Å². The second kappa shape index (κ2) is 14.1. The fourth-order valence-corrected chi connectivity index (χ4v) is 7.13. The van der Waals surface area contributed by atoms with Gasteiger partial charge in [0.15, 0.2) is 0 Å². The third-order valence-electron chi connectivity index (χ3n) is 8.09. The molecule has 6 rings (SSSR count). The van der Waals surface area contributed by atoms with E-state index in [1.54, 1.807) is 35.7 Å². The Hall–Kier alpha value is -4.80. The minimum atomic E-state index is -1.46. The average Bonchev–Trinajstić information content (AvgIpc) is 3.56. The third kappa shape index (κ3) is 7.35. The summed E-state index contributed by atoms with van der Waals surface area (Å²) in [5.41, 5.74) is 4.92. The van der Waals surface area contributed by atoms with Gasteiger partial charge >= 0.3 is 11.9 Å². The zero-order valence-corrected chi connectivity index (χ0v) is 28.4. The number of nitrogens with zero attached hydrogens (tertiary/aromatic N) is 2. The summed E-state index contributed by atoms with van der Waals surface area (Å²) in [5.74, 6) is -2.79. The molecule has 0 fully saturated rings. The highest BCUT2D eigenvalue weighted by atomic mass is 32.2. The molecule has 0 bridgehead atoms. The van der Waals surface area contributed by atoms with Gasteiger partial charge in [-0.05, 0) is 94.8 Å². The van der Waals surface area contributed by atoms with E-state index in [1.807, 2.05) is 24.3 Å². The van der Waals surface area contributed by atoms with Crippen LogP contribution in [0.2, 0.25) is 0 Å². The van der Waals surface area contributed by atoms with Gasteiger partial charge in [-0.1, -0.05) is 85.8 Å². The topological polar surface area (TPSA) is 111 Å². The predicted octanol–water partition coefficient (Wildman–Crippen LogP) is 8.21. The van der Waals surface area contributed by atoms with Crippen molar-refractivity contribution >= 4 is 58.5 Å². The van der Waals surface area contributed by atoms with Gasteiger partial charge in [-0.3, -0.25) is 9.59 Å². The number of fused-ring (bicyclic) bond motifs is 2. The third-order valence-corrected chi connectivity index (χ3v) is 10.1. The molecular formula is C38H32N2O6S2. The van der Waals surface area contributed by atoms with Crippen molar-refractivity contribution in [2.45, 2.75) is 72.0 Å². The minimum Gasteiger partial charge on any atom is -0.306 e. The molecule has 2 aliphatic rings. The van der Waals surface area contributed by atoms with Crippen molar-refractivity contribution in [3.63, 3.8) is 0 Å². The van der Waals surface area contributed by atoms with Crippen LogP contribution >= 0.6 is 23.5 Å². The normalized spacial score (nSPS) is 15.4. The molecule has 0 unspecified atom stereocenters. The van der Waals surface area contributed by atoms with Crippen LogP contribution in [0.15, 0.2) is 115 Å². The maximum Gasteiger partial charge on any atom is 0.445 e. The first-order valence-corrected chi connectivity index (χ1v) is 17.2. The van der Waals surface area contributed by atoms with Crippen LogP contribution in [0.25, 0.3) is 0 Å². The van der Waals surface area contributed by atoms with E-state index in [0.29, 0.717) is 23.0 Å². The van der Waals surface area contributed by atoms with Crippen molar-refractivity contribution in [3.8, 4) is 0 Å². The molecule has 0 heterocycles. The number of carbonyl (C=O) groups excluding carboxylic acids is 4. The van der Waals surface area contributed by atoms with E-state index in [4.69, 9.17) is 9.68 Å². The summed E-state index contributed by atoms with van der Waals surface area (Å²) >= 11 is 3.15. The number of hydrogen-bond donors (Lipinski definition) is 0. The highest BCUT2D eigenvalue weighted by Gasteiger charge is 2.30. The molecule has 0 aromatic heterocycles. The van der Waals surface area contributed by atoms with Crippen LogP contribution in [0.5, 0.6) is 0 Å². The van der Waals surface area contributed by atoms with E-state index < -0.39 is 11.9 Å². The maximum atomic E-state index is 12.9. The Balaban J connectivity index is 1.03. The molecular weight excluding hydrogens is 645 g/mol. The fraction of sp³-hybridized carbons (Fsp3) is 0.211. The summed E-state index contributed by atoms with van der Waals surface area (Å²) in [5, 5.41) is 7.31. The van der Waals surface area contributed by atoms with Gasteiger partial charge < -0.3 is 9.68 Å². The lowest BCUT2D eigenvalue weighted by Gasteiger charge is -2.07. The Morgan fingerprint density at radius 3 is 1.27 bits per heavy atom. The number of oxime groups is 2. The van der Waals surface area contributed by atoms with Crippen LogP contribution in [0.3, 0.4) is 0 Å². The van der Waals surface area contributed by atoms with E-state index in [9.17, 15) is 19.2 Å². The molecule has 0 N–H and O–H groups in total. The fourth-order valence-electron chi connectivity index (χ4n) is 5.36. The van der Waals surface area contributed by atoms with E-state index in [-0.39, 0.29) is 35.8 Å². The highest BCUT2D eigenvalue weighted by Crippen LogP contribution is 2.34. The van der Waals surface area contributed by atoms with Crippen molar-refractivity contribution < 1.29 is 28.9 Å². The number of rotatable bonds is 8. The molecule has 0 aliphatic heterocycles. The molecule has 0 spiro atoms.